The summed E-state index contributed by atoms with van der Waals surface area (Å²) < 4.78 is 5.05. The monoisotopic (exact) mass is 346 g/mol. The van der Waals surface area contributed by atoms with Gasteiger partial charge in [-0.2, -0.15) is 5.26 Å². The average Bonchev–Trinajstić information content (AvgIpc) is 2.92. The Balaban J connectivity index is 1.61. The molecule has 26 heavy (non-hydrogen) atoms. The number of fused-ring (bicyclic) bond motifs is 1. The van der Waals surface area contributed by atoms with Crippen molar-refractivity contribution in [1.29, 1.82) is 5.26 Å². The summed E-state index contributed by atoms with van der Waals surface area (Å²) in [4.78, 5) is 37.5. The Morgan fingerprint density at radius 2 is 1.58 bits per heavy atom. The van der Waals surface area contributed by atoms with E-state index < -0.39 is 17.8 Å². The van der Waals surface area contributed by atoms with Crippen molar-refractivity contribution < 1.29 is 19.1 Å². The van der Waals surface area contributed by atoms with Crippen LogP contribution < -0.4 is 0 Å². The van der Waals surface area contributed by atoms with Crippen LogP contribution in [0.4, 0.5) is 0 Å². The first kappa shape index (κ1) is 17.1. The van der Waals surface area contributed by atoms with Gasteiger partial charge in [-0.05, 0) is 23.8 Å². The van der Waals surface area contributed by atoms with Crippen LogP contribution in [0.15, 0.2) is 60.2 Å². The third-order valence-corrected chi connectivity index (χ3v) is 3.88. The lowest BCUT2D eigenvalue weighted by Gasteiger charge is -2.13. The van der Waals surface area contributed by atoms with Gasteiger partial charge in [0.05, 0.1) is 17.7 Å². The first-order chi connectivity index (χ1) is 12.6. The van der Waals surface area contributed by atoms with Gasteiger partial charge in [-0.3, -0.25) is 14.5 Å². The van der Waals surface area contributed by atoms with Gasteiger partial charge in [0.2, 0.25) is 0 Å². The van der Waals surface area contributed by atoms with Gasteiger partial charge in [0.1, 0.15) is 18.2 Å². The third-order valence-electron chi connectivity index (χ3n) is 3.88. The average molecular weight is 346 g/mol. The molecule has 0 aromatic heterocycles. The van der Waals surface area contributed by atoms with E-state index in [4.69, 9.17) is 10.00 Å². The number of benzene rings is 2. The van der Waals surface area contributed by atoms with Gasteiger partial charge in [0.25, 0.3) is 11.8 Å². The van der Waals surface area contributed by atoms with Gasteiger partial charge in [0, 0.05) is 0 Å². The lowest BCUT2D eigenvalue weighted by molar-refractivity contribution is -0.138. The molecule has 2 aromatic carbocycles. The van der Waals surface area contributed by atoms with E-state index in [9.17, 15) is 14.4 Å². The minimum atomic E-state index is -0.798. The Hall–Kier alpha value is -3.72. The number of carbonyl (C=O) groups is 3. The molecule has 0 N–H and O–H groups in total. The smallest absolute Gasteiger partial charge is 0.348 e. The number of nitrogens with zero attached hydrogens (tertiary/aromatic N) is 2. The van der Waals surface area contributed by atoms with E-state index in [1.807, 2.05) is 6.07 Å². The largest absolute Gasteiger partial charge is 0.460 e. The topological polar surface area (TPSA) is 87.5 Å². The third kappa shape index (κ3) is 3.37. The second-order valence-electron chi connectivity index (χ2n) is 5.52. The number of amides is 2. The summed E-state index contributed by atoms with van der Waals surface area (Å²) in [5.41, 5.74) is 1.22. The molecule has 0 fully saturated rings. The van der Waals surface area contributed by atoms with Crippen LogP contribution in [-0.4, -0.2) is 35.8 Å². The van der Waals surface area contributed by atoms with Crippen molar-refractivity contribution in [1.82, 2.24) is 4.90 Å². The molecule has 0 aliphatic carbocycles. The van der Waals surface area contributed by atoms with Crippen molar-refractivity contribution in [3.8, 4) is 6.07 Å². The normalized spacial score (nSPS) is 13.3. The molecule has 0 saturated heterocycles. The van der Waals surface area contributed by atoms with Crippen LogP contribution in [0.5, 0.6) is 0 Å². The Morgan fingerprint density at radius 1 is 1.00 bits per heavy atom. The number of rotatable bonds is 5. The molecule has 2 amide bonds. The second-order valence-corrected chi connectivity index (χ2v) is 5.52. The van der Waals surface area contributed by atoms with E-state index in [0.717, 1.165) is 4.90 Å². The summed E-state index contributed by atoms with van der Waals surface area (Å²) in [6, 6.07) is 17.2. The van der Waals surface area contributed by atoms with Gasteiger partial charge in [0.15, 0.2) is 0 Å². The fourth-order valence-electron chi connectivity index (χ4n) is 2.60. The van der Waals surface area contributed by atoms with Crippen LogP contribution in [0, 0.1) is 11.3 Å². The highest BCUT2D eigenvalue weighted by atomic mass is 16.5. The molecule has 1 heterocycles. The van der Waals surface area contributed by atoms with E-state index in [0.29, 0.717) is 16.7 Å². The van der Waals surface area contributed by atoms with Crippen LogP contribution in [0.3, 0.4) is 0 Å². The number of ether oxygens (including phenoxy) is 1. The lowest BCUT2D eigenvalue weighted by Crippen LogP contribution is -2.33. The summed E-state index contributed by atoms with van der Waals surface area (Å²) in [6.07, 6.45) is 1.42. The molecule has 6 nitrogen and oxygen atoms in total. The SMILES string of the molecule is N#C/C(=C\c1ccccc1)C(=O)OCCN1C(=O)c2ccccc2C1=O. The molecule has 0 atom stereocenters. The molecular formula is C20H14N2O4. The number of hydrogen-bond donors (Lipinski definition) is 0. The Bertz CT molecular complexity index is 907. The zero-order chi connectivity index (χ0) is 18.5. The van der Waals surface area contributed by atoms with Crippen molar-refractivity contribution >= 4 is 23.9 Å². The maximum Gasteiger partial charge on any atom is 0.348 e. The minimum Gasteiger partial charge on any atom is -0.460 e. The molecule has 0 spiro atoms. The quantitative estimate of drug-likeness (QED) is 0.359. The second kappa shape index (κ2) is 7.45. The van der Waals surface area contributed by atoms with Crippen LogP contribution in [0.1, 0.15) is 26.3 Å². The predicted octanol–water partition coefficient (Wildman–Crippen LogP) is 2.43. The summed E-state index contributed by atoms with van der Waals surface area (Å²) in [5.74, 6) is -1.63. The van der Waals surface area contributed by atoms with Gasteiger partial charge >= 0.3 is 5.97 Å². The molecule has 1 aliphatic heterocycles. The molecule has 1 aliphatic rings. The van der Waals surface area contributed by atoms with Crippen LogP contribution >= 0.6 is 0 Å². The molecule has 128 valence electrons. The Labute approximate surface area is 149 Å². The molecule has 6 heteroatoms. The van der Waals surface area contributed by atoms with Crippen LogP contribution in [0.25, 0.3) is 6.08 Å². The number of carbonyl (C=O) groups excluding carboxylic acids is 3. The molecule has 2 aromatic rings. The van der Waals surface area contributed by atoms with Crippen LogP contribution in [-0.2, 0) is 9.53 Å². The van der Waals surface area contributed by atoms with Crippen molar-refractivity contribution in [2.24, 2.45) is 0 Å². The van der Waals surface area contributed by atoms with Crippen molar-refractivity contribution in [3.63, 3.8) is 0 Å². The van der Waals surface area contributed by atoms with Crippen molar-refractivity contribution in [2.75, 3.05) is 13.2 Å². The number of imide groups is 1. The van der Waals surface area contributed by atoms with E-state index in [2.05, 4.69) is 0 Å². The molecule has 3 rings (SSSR count). The fourth-order valence-corrected chi connectivity index (χ4v) is 2.60. The van der Waals surface area contributed by atoms with E-state index in [-0.39, 0.29) is 18.7 Å². The minimum absolute atomic E-state index is 0.0673. The van der Waals surface area contributed by atoms with E-state index in [1.165, 1.54) is 6.08 Å². The zero-order valence-corrected chi connectivity index (χ0v) is 13.7. The maximum absolute atomic E-state index is 12.2. The summed E-state index contributed by atoms with van der Waals surface area (Å²) >= 11 is 0. The summed E-state index contributed by atoms with van der Waals surface area (Å²) in [5, 5.41) is 9.13. The molecule has 0 radical (unpaired) electrons. The fraction of sp³-hybridized carbons (Fsp3) is 0.100. The van der Waals surface area contributed by atoms with Crippen molar-refractivity contribution in [3.05, 3.63) is 76.9 Å². The molecule has 0 bridgehead atoms. The molecule has 0 saturated carbocycles. The van der Waals surface area contributed by atoms with Crippen LogP contribution in [0.2, 0.25) is 0 Å². The highest BCUT2D eigenvalue weighted by Crippen LogP contribution is 2.22. The summed E-state index contributed by atoms with van der Waals surface area (Å²) in [6.45, 7) is -0.250. The molecule has 0 unspecified atom stereocenters. The lowest BCUT2D eigenvalue weighted by atomic mass is 10.1. The Kier molecular flexibility index (Phi) is 4.90. The maximum atomic E-state index is 12.2. The zero-order valence-electron chi connectivity index (χ0n) is 13.7. The number of hydrogen-bond acceptors (Lipinski definition) is 5. The highest BCUT2D eigenvalue weighted by Gasteiger charge is 2.34. The Morgan fingerprint density at radius 3 is 2.15 bits per heavy atom. The summed E-state index contributed by atoms with van der Waals surface area (Å²) in [7, 11) is 0. The standard InChI is InChI=1S/C20H14N2O4/c21-13-15(12-14-6-2-1-3-7-14)20(25)26-11-10-22-18(23)16-8-4-5-9-17(16)19(22)24/h1-9,12H,10-11H2/b15-12+. The van der Waals surface area contributed by atoms with Gasteiger partial charge in [-0.15, -0.1) is 0 Å². The first-order valence-electron chi connectivity index (χ1n) is 7.91. The van der Waals surface area contributed by atoms with E-state index in [1.54, 1.807) is 54.6 Å². The van der Waals surface area contributed by atoms with E-state index >= 15 is 0 Å². The highest BCUT2D eigenvalue weighted by molar-refractivity contribution is 6.21. The van der Waals surface area contributed by atoms with Gasteiger partial charge in [-0.25, -0.2) is 4.79 Å². The first-order valence-corrected chi connectivity index (χ1v) is 7.91. The number of nitriles is 1. The van der Waals surface area contributed by atoms with Gasteiger partial charge in [-0.1, -0.05) is 42.5 Å². The molecular weight excluding hydrogens is 332 g/mol. The van der Waals surface area contributed by atoms with Gasteiger partial charge < -0.3 is 4.74 Å². The van der Waals surface area contributed by atoms with Crippen molar-refractivity contribution in [2.45, 2.75) is 0 Å². The predicted molar refractivity (Wildman–Crippen MR) is 92.8 cm³/mol. The number of esters is 1.